The predicted octanol–water partition coefficient (Wildman–Crippen LogP) is 2.23. The minimum atomic E-state index is 0. The second-order valence-electron chi connectivity index (χ2n) is 7.53. The van der Waals surface area contributed by atoms with E-state index in [9.17, 15) is 0 Å². The summed E-state index contributed by atoms with van der Waals surface area (Å²) < 4.78 is 2.90. The second-order valence-corrected chi connectivity index (χ2v) is 7.53. The van der Waals surface area contributed by atoms with Crippen LogP contribution in [0.1, 0.15) is 32.6 Å². The van der Waals surface area contributed by atoms with Gasteiger partial charge in [-0.3, -0.25) is 0 Å². The molecule has 0 amide bonds. The molecule has 0 aromatic heterocycles. The van der Waals surface area contributed by atoms with Crippen molar-refractivity contribution < 1.29 is 41.7 Å². The third-order valence-electron chi connectivity index (χ3n) is 6.19. The van der Waals surface area contributed by atoms with Crippen LogP contribution in [0.3, 0.4) is 0 Å². The third kappa shape index (κ3) is 4.04. The summed E-state index contributed by atoms with van der Waals surface area (Å²) in [5.41, 5.74) is 0. The average Bonchev–Trinajstić information content (AvgIpc) is 2.38. The van der Waals surface area contributed by atoms with Gasteiger partial charge in [-0.25, -0.2) is 0 Å². The fourth-order valence-corrected chi connectivity index (χ4v) is 4.14. The summed E-state index contributed by atoms with van der Waals surface area (Å²) in [4.78, 5) is 0. The summed E-state index contributed by atoms with van der Waals surface area (Å²) in [5.74, 6) is 1.02. The molecule has 4 heteroatoms. The van der Waals surface area contributed by atoms with E-state index in [-0.39, 0.29) is 32.7 Å². The number of hydrogen-bond donors (Lipinski definition) is 0. The molecule has 4 fully saturated rings. The van der Waals surface area contributed by atoms with Crippen molar-refractivity contribution in [1.82, 2.24) is 0 Å². The molecule has 0 atom stereocenters. The summed E-state index contributed by atoms with van der Waals surface area (Å²) in [6.45, 7) is 16.2. The van der Waals surface area contributed by atoms with Crippen LogP contribution in [0.25, 0.3) is 5.32 Å². The number of hydrogen-bond acceptors (Lipinski definition) is 0. The third-order valence-corrected chi connectivity index (χ3v) is 6.19. The molecule has 20 heavy (non-hydrogen) atoms. The summed E-state index contributed by atoms with van der Waals surface area (Å²) in [5, 5.41) is 4.34. The Balaban J connectivity index is 0.000000141. The topological polar surface area (TPSA) is 14.1 Å². The zero-order valence-electron chi connectivity index (χ0n) is 13.4. The molecule has 1 radical (unpaired) electrons. The molecular weight excluding hydrogens is 323 g/mol. The van der Waals surface area contributed by atoms with Crippen LogP contribution in [-0.2, 0) is 32.7 Å². The molecule has 4 rings (SSSR count). The Morgan fingerprint density at radius 3 is 1.50 bits per heavy atom. The van der Waals surface area contributed by atoms with E-state index in [0.717, 1.165) is 19.0 Å². The van der Waals surface area contributed by atoms with Crippen molar-refractivity contribution in [3.05, 3.63) is 5.32 Å². The average molecular weight is 355 g/mol. The summed E-state index contributed by atoms with van der Waals surface area (Å²) >= 11 is 0. The Bertz CT molecular complexity index is 282. The van der Waals surface area contributed by atoms with Gasteiger partial charge in [-0.05, 0) is 18.8 Å². The zero-order valence-corrected chi connectivity index (χ0v) is 16.2. The molecule has 4 saturated heterocycles. The SMILES string of the molecule is C1C[N+]2(C1)CC[N-]CC2.CC1CC[N+]2(CCC2)CC1.[Y]. The number of quaternary nitrogens is 2. The van der Waals surface area contributed by atoms with Gasteiger partial charge in [0, 0.05) is 45.6 Å². The fourth-order valence-electron chi connectivity index (χ4n) is 4.14. The van der Waals surface area contributed by atoms with Gasteiger partial charge in [-0.15, -0.1) is 0 Å². The summed E-state index contributed by atoms with van der Waals surface area (Å²) in [7, 11) is 0. The van der Waals surface area contributed by atoms with Gasteiger partial charge in [0.15, 0.2) is 0 Å². The summed E-state index contributed by atoms with van der Waals surface area (Å²) in [6.07, 6.45) is 5.92. The maximum atomic E-state index is 4.34. The first-order valence-corrected chi connectivity index (χ1v) is 8.56. The predicted molar refractivity (Wildman–Crippen MR) is 80.2 cm³/mol. The number of piperidine rings is 1. The maximum absolute atomic E-state index is 4.34. The van der Waals surface area contributed by atoms with Crippen LogP contribution >= 0.6 is 0 Å². The van der Waals surface area contributed by atoms with Crippen molar-refractivity contribution in [2.45, 2.75) is 32.6 Å². The molecule has 0 aromatic rings. The van der Waals surface area contributed by atoms with Crippen LogP contribution in [0.4, 0.5) is 0 Å². The van der Waals surface area contributed by atoms with Gasteiger partial charge in [-0.2, -0.15) is 0 Å². The van der Waals surface area contributed by atoms with E-state index in [4.69, 9.17) is 0 Å². The van der Waals surface area contributed by atoms with E-state index in [1.165, 1.54) is 87.0 Å². The number of rotatable bonds is 0. The van der Waals surface area contributed by atoms with Gasteiger partial charge in [-0.1, -0.05) is 20.0 Å². The molecule has 4 aliphatic heterocycles. The summed E-state index contributed by atoms with van der Waals surface area (Å²) in [6, 6.07) is 0. The Morgan fingerprint density at radius 1 is 0.700 bits per heavy atom. The first-order valence-electron chi connectivity index (χ1n) is 8.56. The van der Waals surface area contributed by atoms with E-state index in [1.807, 2.05) is 0 Å². The Morgan fingerprint density at radius 2 is 1.15 bits per heavy atom. The Labute approximate surface area is 150 Å². The van der Waals surface area contributed by atoms with Crippen molar-refractivity contribution in [2.24, 2.45) is 5.92 Å². The van der Waals surface area contributed by atoms with Crippen LogP contribution in [0.2, 0.25) is 0 Å². The van der Waals surface area contributed by atoms with Gasteiger partial charge in [0.25, 0.3) is 0 Å². The molecule has 2 spiro atoms. The van der Waals surface area contributed by atoms with E-state index >= 15 is 0 Å². The van der Waals surface area contributed by atoms with E-state index in [1.54, 1.807) is 0 Å². The van der Waals surface area contributed by atoms with Crippen LogP contribution in [0, 0.1) is 5.92 Å². The van der Waals surface area contributed by atoms with Gasteiger partial charge in [0.1, 0.15) is 0 Å². The van der Waals surface area contributed by atoms with Crippen LogP contribution < -0.4 is 0 Å². The molecule has 0 unspecified atom stereocenters. The molecule has 0 aromatic carbocycles. The number of nitrogens with zero attached hydrogens (tertiary/aromatic N) is 3. The molecule has 4 aliphatic rings. The minimum absolute atomic E-state index is 0. The quantitative estimate of drug-likeness (QED) is 0.592. The van der Waals surface area contributed by atoms with Gasteiger partial charge < -0.3 is 14.3 Å². The second kappa shape index (κ2) is 7.50. The van der Waals surface area contributed by atoms with Crippen molar-refractivity contribution in [3.63, 3.8) is 0 Å². The monoisotopic (exact) mass is 355 g/mol. The van der Waals surface area contributed by atoms with Crippen molar-refractivity contribution >= 4 is 0 Å². The first-order chi connectivity index (χ1) is 9.22. The van der Waals surface area contributed by atoms with Crippen LogP contribution in [0.15, 0.2) is 0 Å². The normalized spacial score (nSPS) is 30.4. The zero-order chi connectivity index (χ0) is 13.2. The van der Waals surface area contributed by atoms with E-state index in [2.05, 4.69) is 12.2 Å². The number of piperazine rings is 1. The van der Waals surface area contributed by atoms with E-state index in [0.29, 0.717) is 0 Å². The van der Waals surface area contributed by atoms with Gasteiger partial charge in [0.05, 0.1) is 52.4 Å². The smallest absolute Gasteiger partial charge is 0.0841 e. The molecule has 0 saturated carbocycles. The molecule has 0 bridgehead atoms. The molecular formula is C16H32N3Y+. The van der Waals surface area contributed by atoms with Crippen LogP contribution in [-0.4, -0.2) is 74.4 Å². The molecule has 113 valence electrons. The molecule has 3 nitrogen and oxygen atoms in total. The molecule has 0 N–H and O–H groups in total. The van der Waals surface area contributed by atoms with Crippen molar-refractivity contribution in [1.29, 1.82) is 0 Å². The van der Waals surface area contributed by atoms with Crippen molar-refractivity contribution in [3.8, 4) is 0 Å². The van der Waals surface area contributed by atoms with E-state index < -0.39 is 0 Å². The van der Waals surface area contributed by atoms with Crippen molar-refractivity contribution in [2.75, 3.05) is 65.4 Å². The molecule has 4 heterocycles. The van der Waals surface area contributed by atoms with Gasteiger partial charge >= 0.3 is 0 Å². The van der Waals surface area contributed by atoms with Crippen LogP contribution in [0.5, 0.6) is 0 Å². The Kier molecular flexibility index (Phi) is 6.50. The minimum Gasteiger partial charge on any atom is -0.653 e. The standard InChI is InChI=1S/C9H18N.C7H14N2.Y/c1-9-3-7-10(8-4-9)5-2-6-10;1-4-9(5-1)6-2-8-3-7-9;/h9H,2-8H2,1H3;1-7H2;/q+1;;. The molecule has 0 aliphatic carbocycles. The first kappa shape index (κ1) is 17.3. The fraction of sp³-hybridized carbons (Fsp3) is 1.00. The van der Waals surface area contributed by atoms with Gasteiger partial charge in [0.2, 0.25) is 0 Å². The Hall–Kier alpha value is 0.984. The maximum Gasteiger partial charge on any atom is 0.0841 e. The largest absolute Gasteiger partial charge is 0.653 e.